The number of benzene rings is 3. The van der Waals surface area contributed by atoms with E-state index in [2.05, 4.69) is 0 Å². The van der Waals surface area contributed by atoms with E-state index in [-0.39, 0.29) is 11.3 Å². The Morgan fingerprint density at radius 1 is 0.808 bits per heavy atom. The maximum absolute atomic E-state index is 13.1. The van der Waals surface area contributed by atoms with E-state index in [9.17, 15) is 19.5 Å². The summed E-state index contributed by atoms with van der Waals surface area (Å²) in [6.45, 7) is 0. The molecular formula is C21H13NO4. The first kappa shape index (κ1) is 14.8. The number of imide groups is 1. The van der Waals surface area contributed by atoms with Gasteiger partial charge in [-0.15, -0.1) is 0 Å². The van der Waals surface area contributed by atoms with Crippen LogP contribution >= 0.6 is 0 Å². The molecule has 0 atom stereocenters. The number of carboxylic acids is 1. The monoisotopic (exact) mass is 343 g/mol. The summed E-state index contributed by atoms with van der Waals surface area (Å²) < 4.78 is 0. The average Bonchev–Trinajstić information content (AvgIpc) is 3.07. The molecule has 0 saturated heterocycles. The molecule has 0 unspecified atom stereocenters. The molecule has 1 aliphatic heterocycles. The molecule has 0 radical (unpaired) electrons. The fourth-order valence-electron chi connectivity index (χ4n) is 4.09. The summed E-state index contributed by atoms with van der Waals surface area (Å²) in [6, 6.07) is 13.4. The van der Waals surface area contributed by atoms with Crippen molar-refractivity contribution in [3.05, 3.63) is 76.3 Å². The van der Waals surface area contributed by atoms with Gasteiger partial charge in [-0.05, 0) is 53.6 Å². The highest BCUT2D eigenvalue weighted by atomic mass is 16.4. The number of rotatable bonds is 2. The van der Waals surface area contributed by atoms with E-state index in [1.54, 1.807) is 24.3 Å². The summed E-state index contributed by atoms with van der Waals surface area (Å²) in [5.41, 5.74) is 3.22. The van der Waals surface area contributed by atoms with Crippen molar-refractivity contribution in [1.29, 1.82) is 0 Å². The number of hydrogen-bond acceptors (Lipinski definition) is 3. The van der Waals surface area contributed by atoms with E-state index < -0.39 is 17.8 Å². The van der Waals surface area contributed by atoms with Gasteiger partial charge in [-0.3, -0.25) is 9.59 Å². The third-order valence-corrected chi connectivity index (χ3v) is 5.24. The number of hydrogen-bond donors (Lipinski definition) is 1. The number of aromatic carboxylic acids is 1. The Hall–Kier alpha value is -3.47. The van der Waals surface area contributed by atoms with Gasteiger partial charge in [-0.1, -0.05) is 24.3 Å². The summed E-state index contributed by atoms with van der Waals surface area (Å²) >= 11 is 0. The molecule has 1 N–H and O–H groups in total. The van der Waals surface area contributed by atoms with Crippen LogP contribution in [0.3, 0.4) is 0 Å². The Kier molecular flexibility index (Phi) is 2.86. The van der Waals surface area contributed by atoms with Crippen molar-refractivity contribution in [2.24, 2.45) is 0 Å². The minimum absolute atomic E-state index is 0.0774. The molecule has 2 amide bonds. The van der Waals surface area contributed by atoms with E-state index in [0.29, 0.717) is 16.5 Å². The zero-order valence-electron chi connectivity index (χ0n) is 13.7. The zero-order chi connectivity index (χ0) is 18.0. The molecule has 26 heavy (non-hydrogen) atoms. The van der Waals surface area contributed by atoms with Crippen molar-refractivity contribution < 1.29 is 19.5 Å². The normalized spacial score (nSPS) is 15.0. The van der Waals surface area contributed by atoms with Crippen LogP contribution in [0.25, 0.3) is 10.8 Å². The third-order valence-electron chi connectivity index (χ3n) is 5.24. The average molecular weight is 343 g/mol. The van der Waals surface area contributed by atoms with Crippen LogP contribution in [-0.2, 0) is 12.8 Å². The van der Waals surface area contributed by atoms with Gasteiger partial charge >= 0.3 is 5.97 Å². The van der Waals surface area contributed by atoms with Crippen molar-refractivity contribution in [2.45, 2.75) is 12.8 Å². The van der Waals surface area contributed by atoms with Crippen LogP contribution in [0, 0.1) is 0 Å². The minimum Gasteiger partial charge on any atom is -0.478 e. The highest BCUT2D eigenvalue weighted by molar-refractivity contribution is 6.37. The predicted molar refractivity (Wildman–Crippen MR) is 95.9 cm³/mol. The molecule has 3 aromatic rings. The number of aryl methyl sites for hydroxylation is 2. The number of anilines is 1. The first-order valence-corrected chi connectivity index (χ1v) is 8.36. The zero-order valence-corrected chi connectivity index (χ0v) is 13.7. The standard InChI is InChI=1S/C21H13NO4/c23-19-14-9-7-11-5-6-12-8-10-15(18(14)17(11)12)20(24)22(19)16-4-2-1-3-13(16)21(25)26/h1-4,7-10H,5-6H2,(H,25,26). The molecule has 2 aliphatic rings. The molecule has 0 fully saturated rings. The quantitative estimate of drug-likeness (QED) is 0.723. The highest BCUT2D eigenvalue weighted by Gasteiger charge is 2.37. The number of carbonyl (C=O) groups is 3. The molecule has 0 spiro atoms. The van der Waals surface area contributed by atoms with Crippen LogP contribution < -0.4 is 4.90 Å². The van der Waals surface area contributed by atoms with Gasteiger partial charge in [0.2, 0.25) is 0 Å². The Morgan fingerprint density at radius 2 is 1.38 bits per heavy atom. The number of amides is 2. The molecule has 5 heteroatoms. The van der Waals surface area contributed by atoms with Crippen LogP contribution in [-0.4, -0.2) is 22.9 Å². The maximum atomic E-state index is 13.1. The summed E-state index contributed by atoms with van der Waals surface area (Å²) in [5.74, 6) is -2.14. The number of carbonyl (C=O) groups excluding carboxylic acids is 2. The molecule has 0 bridgehead atoms. The van der Waals surface area contributed by atoms with Gasteiger partial charge in [-0.2, -0.15) is 0 Å². The molecule has 0 saturated carbocycles. The van der Waals surface area contributed by atoms with Crippen LogP contribution in [0.15, 0.2) is 48.5 Å². The highest BCUT2D eigenvalue weighted by Crippen LogP contribution is 2.39. The topological polar surface area (TPSA) is 74.7 Å². The number of carboxylic acid groups (broad SMARTS) is 1. The molecule has 126 valence electrons. The molecule has 5 nitrogen and oxygen atoms in total. The Balaban J connectivity index is 1.80. The van der Waals surface area contributed by atoms with Crippen LogP contribution in [0.2, 0.25) is 0 Å². The molecule has 0 aromatic heterocycles. The first-order valence-electron chi connectivity index (χ1n) is 8.36. The van der Waals surface area contributed by atoms with Crippen molar-refractivity contribution in [2.75, 3.05) is 4.90 Å². The lowest BCUT2D eigenvalue weighted by molar-refractivity contribution is 0.0698. The van der Waals surface area contributed by atoms with E-state index in [0.717, 1.165) is 34.3 Å². The summed E-state index contributed by atoms with van der Waals surface area (Å²) in [7, 11) is 0. The lowest BCUT2D eigenvalue weighted by Gasteiger charge is -2.28. The summed E-state index contributed by atoms with van der Waals surface area (Å²) in [6.07, 6.45) is 1.81. The van der Waals surface area contributed by atoms with Gasteiger partial charge in [0.25, 0.3) is 11.8 Å². The lowest BCUT2D eigenvalue weighted by atomic mass is 9.90. The Bertz CT molecular complexity index is 1100. The smallest absolute Gasteiger partial charge is 0.337 e. The molecule has 5 rings (SSSR count). The van der Waals surface area contributed by atoms with E-state index >= 15 is 0 Å². The summed E-state index contributed by atoms with van der Waals surface area (Å²) in [4.78, 5) is 38.8. The van der Waals surface area contributed by atoms with Crippen LogP contribution in [0.1, 0.15) is 42.2 Å². The number of para-hydroxylation sites is 1. The third kappa shape index (κ3) is 1.77. The van der Waals surface area contributed by atoms with Gasteiger partial charge < -0.3 is 5.11 Å². The van der Waals surface area contributed by atoms with Gasteiger partial charge in [0.15, 0.2) is 0 Å². The van der Waals surface area contributed by atoms with E-state index in [1.807, 2.05) is 12.1 Å². The number of nitrogens with zero attached hydrogens (tertiary/aromatic N) is 1. The Morgan fingerprint density at radius 3 is 1.96 bits per heavy atom. The summed E-state index contributed by atoms with van der Waals surface area (Å²) in [5, 5.41) is 11.2. The lowest BCUT2D eigenvalue weighted by Crippen LogP contribution is -2.41. The van der Waals surface area contributed by atoms with Crippen LogP contribution in [0.4, 0.5) is 5.69 Å². The predicted octanol–water partition coefficient (Wildman–Crippen LogP) is 3.44. The van der Waals surface area contributed by atoms with Gasteiger partial charge in [-0.25, -0.2) is 9.69 Å². The first-order chi connectivity index (χ1) is 12.6. The second-order valence-electron chi connectivity index (χ2n) is 6.56. The van der Waals surface area contributed by atoms with E-state index in [1.165, 1.54) is 12.1 Å². The van der Waals surface area contributed by atoms with Gasteiger partial charge in [0.1, 0.15) is 0 Å². The van der Waals surface area contributed by atoms with Gasteiger partial charge in [0, 0.05) is 16.5 Å². The second-order valence-corrected chi connectivity index (χ2v) is 6.56. The second kappa shape index (κ2) is 5.02. The van der Waals surface area contributed by atoms with Crippen molar-refractivity contribution in [3.63, 3.8) is 0 Å². The van der Waals surface area contributed by atoms with Crippen LogP contribution in [0.5, 0.6) is 0 Å². The molecule has 1 heterocycles. The van der Waals surface area contributed by atoms with Crippen molar-refractivity contribution in [3.8, 4) is 0 Å². The maximum Gasteiger partial charge on any atom is 0.337 e. The van der Waals surface area contributed by atoms with Crippen molar-refractivity contribution >= 4 is 34.2 Å². The molecular weight excluding hydrogens is 330 g/mol. The Labute approximate surface area is 148 Å². The molecule has 1 aliphatic carbocycles. The van der Waals surface area contributed by atoms with Crippen molar-refractivity contribution in [1.82, 2.24) is 0 Å². The van der Waals surface area contributed by atoms with E-state index in [4.69, 9.17) is 0 Å². The molecule has 3 aromatic carbocycles. The SMILES string of the molecule is O=C(O)c1ccccc1N1C(=O)c2ccc3c4c(ccc(c24)C1=O)CC3. The fourth-order valence-corrected chi connectivity index (χ4v) is 4.09. The van der Waals surface area contributed by atoms with Gasteiger partial charge in [0.05, 0.1) is 11.3 Å². The fraction of sp³-hybridized carbons (Fsp3) is 0.0952. The largest absolute Gasteiger partial charge is 0.478 e. The minimum atomic E-state index is -1.18.